The minimum atomic E-state index is -0.504. The second kappa shape index (κ2) is 7.10. The van der Waals surface area contributed by atoms with E-state index in [0.29, 0.717) is 22.6 Å². The Balaban J connectivity index is 1.83. The fourth-order valence-electron chi connectivity index (χ4n) is 2.49. The van der Waals surface area contributed by atoms with Crippen LogP contribution < -0.4 is 11.1 Å². The van der Waals surface area contributed by atoms with Crippen LogP contribution in [0.1, 0.15) is 31.8 Å². The third-order valence-electron chi connectivity index (χ3n) is 3.96. The van der Waals surface area contributed by atoms with Gasteiger partial charge < -0.3 is 11.1 Å². The van der Waals surface area contributed by atoms with Crippen molar-refractivity contribution in [3.8, 4) is 11.3 Å². The Labute approximate surface area is 150 Å². The number of carbonyl (C=O) groups excluding carboxylic acids is 2. The molecule has 0 atom stereocenters. The molecule has 3 rings (SSSR count). The van der Waals surface area contributed by atoms with Crippen LogP contribution in [-0.4, -0.2) is 26.8 Å². The smallest absolute Gasteiger partial charge is 0.257 e. The van der Waals surface area contributed by atoms with Gasteiger partial charge in [-0.05, 0) is 43.2 Å². The maximum atomic E-state index is 12.3. The summed E-state index contributed by atoms with van der Waals surface area (Å²) in [5, 5.41) is 2.71. The summed E-state index contributed by atoms with van der Waals surface area (Å²) in [5.41, 5.74) is 9.31. The molecule has 26 heavy (non-hydrogen) atoms. The normalized spacial score (nSPS) is 10.4. The van der Waals surface area contributed by atoms with Crippen molar-refractivity contribution in [2.24, 2.45) is 5.73 Å². The molecule has 3 aromatic rings. The largest absolute Gasteiger partial charge is 0.366 e. The number of amides is 2. The van der Waals surface area contributed by atoms with Gasteiger partial charge in [0.2, 0.25) is 5.91 Å². The SMILES string of the molecule is Cc1cnccc1C(=O)Nc1cnc(-c2cc(C(N)=O)ccc2C)cn1. The van der Waals surface area contributed by atoms with E-state index in [4.69, 9.17) is 5.73 Å². The Hall–Kier alpha value is -3.61. The number of hydrogen-bond donors (Lipinski definition) is 2. The van der Waals surface area contributed by atoms with Gasteiger partial charge in [-0.25, -0.2) is 4.98 Å². The maximum absolute atomic E-state index is 12.3. The fourth-order valence-corrected chi connectivity index (χ4v) is 2.49. The van der Waals surface area contributed by atoms with Crippen LogP contribution in [0.4, 0.5) is 5.82 Å². The van der Waals surface area contributed by atoms with E-state index in [1.807, 2.05) is 13.8 Å². The third-order valence-corrected chi connectivity index (χ3v) is 3.96. The summed E-state index contributed by atoms with van der Waals surface area (Å²) in [6.07, 6.45) is 6.20. The van der Waals surface area contributed by atoms with E-state index in [-0.39, 0.29) is 5.91 Å². The number of aromatic nitrogens is 3. The van der Waals surface area contributed by atoms with Crippen LogP contribution in [-0.2, 0) is 0 Å². The topological polar surface area (TPSA) is 111 Å². The maximum Gasteiger partial charge on any atom is 0.257 e. The van der Waals surface area contributed by atoms with Gasteiger partial charge in [0.15, 0.2) is 5.82 Å². The molecule has 0 bridgehead atoms. The predicted octanol–water partition coefficient (Wildman–Crippen LogP) is 2.51. The van der Waals surface area contributed by atoms with E-state index in [0.717, 1.165) is 16.7 Å². The number of nitrogens with zero attached hydrogens (tertiary/aromatic N) is 3. The summed E-state index contributed by atoms with van der Waals surface area (Å²) < 4.78 is 0. The first kappa shape index (κ1) is 17.2. The lowest BCUT2D eigenvalue weighted by Crippen LogP contribution is -2.14. The Morgan fingerprint density at radius 3 is 2.46 bits per heavy atom. The molecule has 0 spiro atoms. The van der Waals surface area contributed by atoms with Crippen LogP contribution in [0.5, 0.6) is 0 Å². The quantitative estimate of drug-likeness (QED) is 0.753. The number of nitrogens with one attached hydrogen (secondary N) is 1. The van der Waals surface area contributed by atoms with Gasteiger partial charge in [-0.15, -0.1) is 0 Å². The molecule has 0 aliphatic rings. The van der Waals surface area contributed by atoms with E-state index in [2.05, 4.69) is 20.3 Å². The van der Waals surface area contributed by atoms with Crippen molar-refractivity contribution in [1.82, 2.24) is 15.0 Å². The molecular weight excluding hydrogens is 330 g/mol. The molecule has 2 amide bonds. The van der Waals surface area contributed by atoms with Crippen LogP contribution >= 0.6 is 0 Å². The molecule has 0 saturated heterocycles. The molecule has 130 valence electrons. The van der Waals surface area contributed by atoms with Gasteiger partial charge in [0.25, 0.3) is 5.91 Å². The number of pyridine rings is 1. The lowest BCUT2D eigenvalue weighted by Gasteiger charge is -2.09. The van der Waals surface area contributed by atoms with Gasteiger partial charge in [-0.1, -0.05) is 6.07 Å². The minimum Gasteiger partial charge on any atom is -0.366 e. The van der Waals surface area contributed by atoms with Crippen LogP contribution in [0.15, 0.2) is 49.1 Å². The number of benzene rings is 1. The number of primary amides is 1. The second-order valence-electron chi connectivity index (χ2n) is 5.83. The average molecular weight is 347 g/mol. The van der Waals surface area contributed by atoms with Gasteiger partial charge in [-0.3, -0.25) is 19.6 Å². The number of aryl methyl sites for hydroxylation is 2. The number of carbonyl (C=O) groups is 2. The highest BCUT2D eigenvalue weighted by atomic mass is 16.2. The molecule has 0 unspecified atom stereocenters. The van der Waals surface area contributed by atoms with Gasteiger partial charge in [0.05, 0.1) is 18.1 Å². The van der Waals surface area contributed by atoms with Crippen LogP contribution in [0.3, 0.4) is 0 Å². The number of anilines is 1. The Morgan fingerprint density at radius 2 is 1.81 bits per heavy atom. The number of nitrogens with two attached hydrogens (primary N) is 1. The summed E-state index contributed by atoms with van der Waals surface area (Å²) in [6, 6.07) is 6.80. The van der Waals surface area contributed by atoms with Crippen molar-refractivity contribution in [3.05, 3.63) is 71.3 Å². The summed E-state index contributed by atoms with van der Waals surface area (Å²) >= 11 is 0. The zero-order chi connectivity index (χ0) is 18.7. The van der Waals surface area contributed by atoms with E-state index in [1.165, 1.54) is 6.20 Å². The first-order chi connectivity index (χ1) is 12.5. The lowest BCUT2D eigenvalue weighted by molar-refractivity contribution is 0.0997. The standard InChI is InChI=1S/C19H17N5O2/c1-11-3-4-13(18(20)25)7-15(11)16-9-23-17(10-22-16)24-19(26)14-5-6-21-8-12(14)2/h3-10H,1-2H3,(H2,20,25)(H,23,24,26). The van der Waals surface area contributed by atoms with Gasteiger partial charge in [-0.2, -0.15) is 0 Å². The average Bonchev–Trinajstić information content (AvgIpc) is 2.63. The molecule has 7 nitrogen and oxygen atoms in total. The predicted molar refractivity (Wildman–Crippen MR) is 97.7 cm³/mol. The Bertz CT molecular complexity index is 983. The van der Waals surface area contributed by atoms with E-state index >= 15 is 0 Å². The second-order valence-corrected chi connectivity index (χ2v) is 5.83. The molecule has 7 heteroatoms. The zero-order valence-corrected chi connectivity index (χ0v) is 14.4. The number of hydrogen-bond acceptors (Lipinski definition) is 5. The van der Waals surface area contributed by atoms with Crippen molar-refractivity contribution in [3.63, 3.8) is 0 Å². The van der Waals surface area contributed by atoms with E-state index in [9.17, 15) is 9.59 Å². The first-order valence-corrected chi connectivity index (χ1v) is 7.90. The van der Waals surface area contributed by atoms with Crippen LogP contribution in [0.25, 0.3) is 11.3 Å². The van der Waals surface area contributed by atoms with Crippen molar-refractivity contribution in [2.45, 2.75) is 13.8 Å². The number of rotatable bonds is 4. The van der Waals surface area contributed by atoms with Crippen molar-refractivity contribution >= 4 is 17.6 Å². The summed E-state index contributed by atoms with van der Waals surface area (Å²) in [6.45, 7) is 3.72. The molecule has 0 radical (unpaired) electrons. The van der Waals surface area contributed by atoms with Crippen LogP contribution in [0, 0.1) is 13.8 Å². The Kier molecular flexibility index (Phi) is 4.70. The lowest BCUT2D eigenvalue weighted by atomic mass is 10.0. The van der Waals surface area contributed by atoms with Crippen LogP contribution in [0.2, 0.25) is 0 Å². The highest BCUT2D eigenvalue weighted by Gasteiger charge is 2.11. The molecule has 0 fully saturated rings. The van der Waals surface area contributed by atoms with Gasteiger partial charge in [0.1, 0.15) is 0 Å². The van der Waals surface area contributed by atoms with Crippen molar-refractivity contribution in [1.29, 1.82) is 0 Å². The van der Waals surface area contributed by atoms with E-state index < -0.39 is 5.91 Å². The van der Waals surface area contributed by atoms with Gasteiger partial charge in [0, 0.05) is 29.1 Å². The van der Waals surface area contributed by atoms with E-state index in [1.54, 1.807) is 42.9 Å². The minimum absolute atomic E-state index is 0.279. The highest BCUT2D eigenvalue weighted by Crippen LogP contribution is 2.23. The van der Waals surface area contributed by atoms with Crippen molar-refractivity contribution < 1.29 is 9.59 Å². The molecule has 3 N–H and O–H groups in total. The molecule has 2 aromatic heterocycles. The monoisotopic (exact) mass is 347 g/mol. The summed E-state index contributed by atoms with van der Waals surface area (Å²) in [5.74, 6) is -0.451. The molecule has 0 aliphatic heterocycles. The molecule has 0 saturated carbocycles. The van der Waals surface area contributed by atoms with Gasteiger partial charge >= 0.3 is 0 Å². The summed E-state index contributed by atoms with van der Waals surface area (Å²) in [4.78, 5) is 36.2. The molecule has 2 heterocycles. The highest BCUT2D eigenvalue weighted by molar-refractivity contribution is 6.04. The Morgan fingerprint density at radius 1 is 1.00 bits per heavy atom. The zero-order valence-electron chi connectivity index (χ0n) is 14.4. The molecule has 1 aromatic carbocycles. The molecular formula is C19H17N5O2. The molecule has 0 aliphatic carbocycles. The van der Waals surface area contributed by atoms with Crippen molar-refractivity contribution in [2.75, 3.05) is 5.32 Å². The first-order valence-electron chi connectivity index (χ1n) is 7.90. The fraction of sp³-hybridized carbons (Fsp3) is 0.105. The third kappa shape index (κ3) is 3.56. The summed E-state index contributed by atoms with van der Waals surface area (Å²) in [7, 11) is 0.